The Balaban J connectivity index is 3.03. The summed E-state index contributed by atoms with van der Waals surface area (Å²) in [5.41, 5.74) is 0. The maximum atomic E-state index is 5.53. The summed E-state index contributed by atoms with van der Waals surface area (Å²) in [5.74, 6) is 0.601. The molecule has 0 aliphatic carbocycles. The predicted molar refractivity (Wildman–Crippen MR) is 157 cm³/mol. The highest BCUT2D eigenvalue weighted by molar-refractivity contribution is 14.1. The Morgan fingerprint density at radius 2 is 0.564 bits per heavy atom. The van der Waals surface area contributed by atoms with Crippen LogP contribution >= 0.6 is 22.6 Å². The van der Waals surface area contributed by atoms with Gasteiger partial charge < -0.3 is 52.1 Å². The van der Waals surface area contributed by atoms with Crippen LogP contribution in [0.2, 0.25) is 0 Å². The molecule has 39 heavy (non-hydrogen) atoms. The van der Waals surface area contributed by atoms with Gasteiger partial charge in [-0.25, -0.2) is 0 Å². The van der Waals surface area contributed by atoms with Crippen LogP contribution in [-0.2, 0) is 52.1 Å². The smallest absolute Gasteiger partial charge is 0.0701 e. The van der Waals surface area contributed by atoms with Gasteiger partial charge in [0.05, 0.1) is 139 Å². The number of rotatable bonds is 35. The lowest BCUT2D eigenvalue weighted by molar-refractivity contribution is -0.0277. The minimum absolute atomic E-state index is 0.526. The molecule has 0 amide bonds. The SMILES string of the molecule is CCC(C)COCCOCCOCCOCCOCCOCCOCCOCCOCCOCCOCCI. The zero-order valence-corrected chi connectivity index (χ0v) is 26.6. The number of alkyl halides is 1. The van der Waals surface area contributed by atoms with Crippen molar-refractivity contribution in [3.05, 3.63) is 0 Å². The Hall–Kier alpha value is 0.290. The van der Waals surface area contributed by atoms with Gasteiger partial charge in [-0.3, -0.25) is 0 Å². The maximum absolute atomic E-state index is 5.53. The molecule has 0 bridgehead atoms. The summed E-state index contributed by atoms with van der Waals surface area (Å²) >= 11 is 2.28. The molecule has 0 saturated carbocycles. The van der Waals surface area contributed by atoms with Gasteiger partial charge in [-0.05, 0) is 5.92 Å². The Morgan fingerprint density at radius 3 is 0.769 bits per heavy atom. The molecule has 0 saturated heterocycles. The van der Waals surface area contributed by atoms with Crippen LogP contribution in [-0.4, -0.2) is 150 Å². The Morgan fingerprint density at radius 1 is 0.359 bits per heavy atom. The van der Waals surface area contributed by atoms with Crippen LogP contribution in [0.3, 0.4) is 0 Å². The highest BCUT2D eigenvalue weighted by atomic mass is 127. The lowest BCUT2D eigenvalue weighted by Gasteiger charge is -2.10. The standard InChI is InChI=1S/C27H55IO11/c1-3-27(2)26-39-25-24-38-23-22-37-21-20-36-19-18-35-17-16-34-15-14-33-13-12-32-11-10-31-9-8-30-7-6-29-5-4-28/h27H,3-26H2,1-2H3. The van der Waals surface area contributed by atoms with Gasteiger partial charge in [-0.1, -0.05) is 42.9 Å². The van der Waals surface area contributed by atoms with E-state index in [0.717, 1.165) is 24.1 Å². The molecule has 0 aliphatic rings. The predicted octanol–water partition coefficient (Wildman–Crippen LogP) is 2.65. The zero-order chi connectivity index (χ0) is 28.3. The molecule has 0 spiro atoms. The van der Waals surface area contributed by atoms with Crippen molar-refractivity contribution in [2.45, 2.75) is 20.3 Å². The lowest BCUT2D eigenvalue weighted by atomic mass is 10.1. The average Bonchev–Trinajstić information content (AvgIpc) is 2.95. The summed E-state index contributed by atoms with van der Waals surface area (Å²) in [6.07, 6.45) is 1.14. The first-order valence-corrected chi connectivity index (χ1v) is 15.7. The molecule has 0 heterocycles. The summed E-state index contributed by atoms with van der Waals surface area (Å²) in [6.45, 7) is 17.0. The largest absolute Gasteiger partial charge is 0.379 e. The average molecular weight is 683 g/mol. The van der Waals surface area contributed by atoms with E-state index in [2.05, 4.69) is 36.4 Å². The van der Waals surface area contributed by atoms with Crippen LogP contribution in [0.25, 0.3) is 0 Å². The number of halogens is 1. The van der Waals surface area contributed by atoms with Gasteiger partial charge in [-0.2, -0.15) is 0 Å². The van der Waals surface area contributed by atoms with E-state index in [4.69, 9.17) is 52.1 Å². The van der Waals surface area contributed by atoms with E-state index in [0.29, 0.717) is 138 Å². The third kappa shape index (κ3) is 36.3. The van der Waals surface area contributed by atoms with E-state index >= 15 is 0 Å². The molecule has 0 aliphatic heterocycles. The van der Waals surface area contributed by atoms with Gasteiger partial charge in [0.1, 0.15) is 0 Å². The topological polar surface area (TPSA) is 102 Å². The van der Waals surface area contributed by atoms with Gasteiger partial charge in [0.25, 0.3) is 0 Å². The number of hydrogen-bond donors (Lipinski definition) is 0. The summed E-state index contributed by atoms with van der Waals surface area (Å²) < 4.78 is 60.9. The van der Waals surface area contributed by atoms with Crippen molar-refractivity contribution in [3.63, 3.8) is 0 Å². The first-order chi connectivity index (χ1) is 19.3. The number of hydrogen-bond acceptors (Lipinski definition) is 11. The van der Waals surface area contributed by atoms with Crippen LogP contribution in [0.5, 0.6) is 0 Å². The number of ether oxygens (including phenoxy) is 11. The zero-order valence-electron chi connectivity index (χ0n) is 24.4. The molecular weight excluding hydrogens is 627 g/mol. The van der Waals surface area contributed by atoms with E-state index < -0.39 is 0 Å². The van der Waals surface area contributed by atoms with Crippen molar-refractivity contribution in [1.82, 2.24) is 0 Å². The van der Waals surface area contributed by atoms with Crippen LogP contribution in [0.4, 0.5) is 0 Å². The van der Waals surface area contributed by atoms with Crippen molar-refractivity contribution in [3.8, 4) is 0 Å². The first kappa shape index (κ1) is 39.3. The van der Waals surface area contributed by atoms with E-state index in [1.807, 2.05) is 0 Å². The fourth-order valence-electron chi connectivity index (χ4n) is 2.66. The molecule has 11 nitrogen and oxygen atoms in total. The first-order valence-electron chi connectivity index (χ1n) is 14.2. The van der Waals surface area contributed by atoms with Crippen molar-refractivity contribution in [1.29, 1.82) is 0 Å². The third-order valence-corrected chi connectivity index (χ3v) is 5.48. The van der Waals surface area contributed by atoms with Crippen LogP contribution in [0.15, 0.2) is 0 Å². The molecule has 0 aromatic heterocycles. The minimum Gasteiger partial charge on any atom is -0.379 e. The third-order valence-electron chi connectivity index (χ3n) is 5.04. The van der Waals surface area contributed by atoms with Gasteiger partial charge in [0.15, 0.2) is 0 Å². The van der Waals surface area contributed by atoms with Gasteiger partial charge >= 0.3 is 0 Å². The molecule has 0 rings (SSSR count). The Labute approximate surface area is 250 Å². The molecule has 1 atom stereocenters. The van der Waals surface area contributed by atoms with Crippen molar-refractivity contribution >= 4 is 22.6 Å². The molecule has 1 unspecified atom stereocenters. The fraction of sp³-hybridized carbons (Fsp3) is 1.00. The van der Waals surface area contributed by atoms with E-state index in [1.165, 1.54) is 0 Å². The lowest BCUT2D eigenvalue weighted by Crippen LogP contribution is -2.15. The molecule has 12 heteroatoms. The highest BCUT2D eigenvalue weighted by Crippen LogP contribution is 2.00. The second-order valence-corrected chi connectivity index (χ2v) is 9.48. The molecule has 0 N–H and O–H groups in total. The summed E-state index contributed by atoms with van der Waals surface area (Å²) in [4.78, 5) is 0. The molecule has 0 radical (unpaired) electrons. The van der Waals surface area contributed by atoms with Crippen LogP contribution < -0.4 is 0 Å². The highest BCUT2D eigenvalue weighted by Gasteiger charge is 1.98. The van der Waals surface area contributed by atoms with Crippen molar-refractivity contribution < 1.29 is 52.1 Å². The maximum Gasteiger partial charge on any atom is 0.0701 e. The van der Waals surface area contributed by atoms with Crippen molar-refractivity contribution in [2.75, 3.05) is 150 Å². The van der Waals surface area contributed by atoms with Gasteiger partial charge in [0, 0.05) is 11.0 Å². The van der Waals surface area contributed by atoms with E-state index in [-0.39, 0.29) is 0 Å². The molecule has 236 valence electrons. The van der Waals surface area contributed by atoms with Crippen LogP contribution in [0.1, 0.15) is 20.3 Å². The molecule has 0 fully saturated rings. The summed E-state index contributed by atoms with van der Waals surface area (Å²) in [7, 11) is 0. The fourth-order valence-corrected chi connectivity index (χ4v) is 2.97. The van der Waals surface area contributed by atoms with Crippen LogP contribution in [0, 0.1) is 5.92 Å². The summed E-state index contributed by atoms with van der Waals surface area (Å²) in [6, 6.07) is 0. The van der Waals surface area contributed by atoms with E-state index in [1.54, 1.807) is 0 Å². The molecule has 0 aromatic rings. The molecule has 0 aromatic carbocycles. The van der Waals surface area contributed by atoms with Crippen molar-refractivity contribution in [2.24, 2.45) is 5.92 Å². The normalized spacial score (nSPS) is 12.4. The monoisotopic (exact) mass is 682 g/mol. The van der Waals surface area contributed by atoms with Gasteiger partial charge in [0.2, 0.25) is 0 Å². The Kier molecular flexibility index (Phi) is 36.6. The van der Waals surface area contributed by atoms with E-state index in [9.17, 15) is 0 Å². The van der Waals surface area contributed by atoms with Gasteiger partial charge in [-0.15, -0.1) is 0 Å². The Bertz CT molecular complexity index is 439. The minimum atomic E-state index is 0.526. The second kappa shape index (κ2) is 36.3. The summed E-state index contributed by atoms with van der Waals surface area (Å²) in [5, 5.41) is 0. The quantitative estimate of drug-likeness (QED) is 0.0561. The molecular formula is C27H55IO11. The second-order valence-electron chi connectivity index (χ2n) is 8.40.